The summed E-state index contributed by atoms with van der Waals surface area (Å²) < 4.78 is 11.1. The smallest absolute Gasteiger partial charge is 0.166 e. The second-order valence-corrected chi connectivity index (χ2v) is 7.46. The Bertz CT molecular complexity index is 992. The zero-order valence-corrected chi connectivity index (χ0v) is 17.0. The minimum absolute atomic E-state index is 0.583. The van der Waals surface area contributed by atoms with E-state index >= 15 is 0 Å². The van der Waals surface area contributed by atoms with E-state index in [2.05, 4.69) is 29.2 Å². The average molecular weight is 403 g/mol. The lowest BCUT2D eigenvalue weighted by Crippen LogP contribution is -2.00. The summed E-state index contributed by atoms with van der Waals surface area (Å²) >= 11 is 1.65. The highest BCUT2D eigenvalue weighted by Crippen LogP contribution is 2.32. The monoisotopic (exact) mass is 402 g/mol. The van der Waals surface area contributed by atoms with Crippen LogP contribution in [0.5, 0.6) is 11.5 Å². The average Bonchev–Trinajstić information content (AvgIpc) is 3.22. The van der Waals surface area contributed by atoms with Gasteiger partial charge in [0.25, 0.3) is 0 Å². The summed E-state index contributed by atoms with van der Waals surface area (Å²) in [5.74, 6) is 2.38. The number of aromatic nitrogens is 2. The fraction of sp³-hybridized carbons (Fsp3) is 0.125. The molecule has 0 radical (unpaired) electrons. The van der Waals surface area contributed by atoms with Gasteiger partial charge in [0.1, 0.15) is 11.5 Å². The van der Waals surface area contributed by atoms with Crippen LogP contribution in [0, 0.1) is 0 Å². The molecule has 4 nitrogen and oxygen atoms in total. The maximum Gasteiger partial charge on any atom is 0.166 e. The first-order chi connectivity index (χ1) is 14.3. The molecular weight excluding hydrogens is 380 g/mol. The van der Waals surface area contributed by atoms with Gasteiger partial charge in [-0.15, -0.1) is 0 Å². The number of H-pyrrole nitrogens is 1. The van der Waals surface area contributed by atoms with Crippen molar-refractivity contribution >= 4 is 11.8 Å². The highest BCUT2D eigenvalue weighted by molar-refractivity contribution is 7.99. The summed E-state index contributed by atoms with van der Waals surface area (Å²) in [6.07, 6.45) is 0. The van der Waals surface area contributed by atoms with Gasteiger partial charge in [-0.05, 0) is 12.1 Å². The van der Waals surface area contributed by atoms with Crippen LogP contribution in [0.4, 0.5) is 0 Å². The molecule has 1 heterocycles. The van der Waals surface area contributed by atoms with Gasteiger partial charge in [-0.25, -0.2) is 4.98 Å². The Morgan fingerprint density at radius 1 is 0.828 bits per heavy atom. The summed E-state index contributed by atoms with van der Waals surface area (Å²) in [5.41, 5.74) is 4.22. The van der Waals surface area contributed by atoms with E-state index < -0.39 is 0 Å². The number of rotatable bonds is 8. The number of hydrogen-bond donors (Lipinski definition) is 1. The standard InChI is InChI=1S/C24H22N2O2S/c1-27-20-13-8-14-21(17-20)28-15-16-29-24-25-22(18-9-4-2-5-10-18)23(26-24)19-11-6-3-7-12-19/h2-14,17H,15-16H2,1H3,(H,25,26). The first kappa shape index (κ1) is 19.2. The Kier molecular flexibility index (Phi) is 6.17. The van der Waals surface area contributed by atoms with Gasteiger partial charge in [0.15, 0.2) is 5.16 Å². The van der Waals surface area contributed by atoms with Crippen LogP contribution in [0.3, 0.4) is 0 Å². The number of benzene rings is 3. The third kappa shape index (κ3) is 4.81. The van der Waals surface area contributed by atoms with Crippen LogP contribution in [0.15, 0.2) is 90.1 Å². The first-order valence-corrected chi connectivity index (χ1v) is 10.4. The molecule has 0 amide bonds. The normalized spacial score (nSPS) is 10.7. The topological polar surface area (TPSA) is 47.1 Å². The maximum atomic E-state index is 5.83. The van der Waals surface area contributed by atoms with Crippen molar-refractivity contribution in [1.29, 1.82) is 0 Å². The van der Waals surface area contributed by atoms with E-state index in [1.165, 1.54) is 0 Å². The summed E-state index contributed by atoms with van der Waals surface area (Å²) in [6, 6.07) is 28.2. The lowest BCUT2D eigenvalue weighted by molar-refractivity contribution is 0.339. The number of thioether (sulfide) groups is 1. The summed E-state index contributed by atoms with van der Waals surface area (Å²) in [5, 5.41) is 0.886. The van der Waals surface area contributed by atoms with Crippen LogP contribution in [0.25, 0.3) is 22.5 Å². The van der Waals surface area contributed by atoms with E-state index in [9.17, 15) is 0 Å². The van der Waals surface area contributed by atoms with Gasteiger partial charge < -0.3 is 14.5 Å². The molecule has 0 aliphatic heterocycles. The molecule has 29 heavy (non-hydrogen) atoms. The lowest BCUT2D eigenvalue weighted by atomic mass is 10.1. The molecule has 0 saturated heterocycles. The Hall–Kier alpha value is -3.18. The van der Waals surface area contributed by atoms with Crippen molar-refractivity contribution in [2.45, 2.75) is 5.16 Å². The molecule has 0 spiro atoms. The van der Waals surface area contributed by atoms with Crippen molar-refractivity contribution in [3.63, 3.8) is 0 Å². The van der Waals surface area contributed by atoms with E-state index in [0.717, 1.165) is 44.9 Å². The van der Waals surface area contributed by atoms with E-state index in [4.69, 9.17) is 14.5 Å². The summed E-state index contributed by atoms with van der Waals surface area (Å²) in [6.45, 7) is 0.583. The molecule has 0 aliphatic rings. The van der Waals surface area contributed by atoms with Crippen LogP contribution in [-0.4, -0.2) is 29.4 Å². The molecule has 3 aromatic carbocycles. The van der Waals surface area contributed by atoms with Gasteiger partial charge in [0.2, 0.25) is 0 Å². The molecule has 0 fully saturated rings. The number of aromatic amines is 1. The van der Waals surface area contributed by atoms with Crippen molar-refractivity contribution in [2.75, 3.05) is 19.5 Å². The zero-order valence-electron chi connectivity index (χ0n) is 16.2. The number of hydrogen-bond acceptors (Lipinski definition) is 4. The maximum absolute atomic E-state index is 5.83. The molecule has 0 saturated carbocycles. The molecule has 0 bridgehead atoms. The molecule has 1 N–H and O–H groups in total. The molecule has 5 heteroatoms. The summed E-state index contributed by atoms with van der Waals surface area (Å²) in [4.78, 5) is 8.35. The largest absolute Gasteiger partial charge is 0.497 e. The Morgan fingerprint density at radius 2 is 1.52 bits per heavy atom. The number of nitrogens with zero attached hydrogens (tertiary/aromatic N) is 1. The molecule has 4 aromatic rings. The fourth-order valence-electron chi connectivity index (χ4n) is 3.03. The molecule has 0 unspecified atom stereocenters. The molecule has 0 aliphatic carbocycles. The SMILES string of the molecule is COc1cccc(OCCSc2nc(-c3ccccc3)c(-c3ccccc3)[nH]2)c1. The highest BCUT2D eigenvalue weighted by atomic mass is 32.2. The number of ether oxygens (including phenoxy) is 2. The van der Waals surface area contributed by atoms with Gasteiger partial charge in [0, 0.05) is 22.9 Å². The van der Waals surface area contributed by atoms with Crippen molar-refractivity contribution < 1.29 is 9.47 Å². The minimum Gasteiger partial charge on any atom is -0.497 e. The molecule has 146 valence electrons. The molecule has 4 rings (SSSR count). The second-order valence-electron chi connectivity index (χ2n) is 6.37. The Balaban J connectivity index is 1.47. The van der Waals surface area contributed by atoms with Crippen molar-refractivity contribution in [3.05, 3.63) is 84.9 Å². The Morgan fingerprint density at radius 3 is 2.24 bits per heavy atom. The highest BCUT2D eigenvalue weighted by Gasteiger charge is 2.14. The predicted molar refractivity (Wildman–Crippen MR) is 119 cm³/mol. The lowest BCUT2D eigenvalue weighted by Gasteiger charge is -2.06. The van der Waals surface area contributed by atoms with Crippen molar-refractivity contribution in [1.82, 2.24) is 9.97 Å². The molecule has 0 atom stereocenters. The van der Waals surface area contributed by atoms with E-state index in [1.807, 2.05) is 60.7 Å². The van der Waals surface area contributed by atoms with Crippen LogP contribution >= 0.6 is 11.8 Å². The number of nitrogens with one attached hydrogen (secondary N) is 1. The van der Waals surface area contributed by atoms with Crippen molar-refractivity contribution in [3.8, 4) is 34.0 Å². The molecule has 1 aromatic heterocycles. The van der Waals surface area contributed by atoms with Gasteiger partial charge in [-0.1, -0.05) is 78.5 Å². The van der Waals surface area contributed by atoms with Crippen molar-refractivity contribution in [2.24, 2.45) is 0 Å². The second kappa shape index (κ2) is 9.34. The quantitative estimate of drug-likeness (QED) is 0.293. The number of imidazole rings is 1. The van der Waals surface area contributed by atoms with Crippen LogP contribution in [0.2, 0.25) is 0 Å². The van der Waals surface area contributed by atoms with Gasteiger partial charge in [-0.3, -0.25) is 0 Å². The van der Waals surface area contributed by atoms with E-state index in [1.54, 1.807) is 18.9 Å². The van der Waals surface area contributed by atoms with E-state index in [-0.39, 0.29) is 0 Å². The third-order valence-electron chi connectivity index (χ3n) is 4.42. The third-order valence-corrected chi connectivity index (χ3v) is 5.26. The van der Waals surface area contributed by atoms with Crippen LogP contribution in [-0.2, 0) is 0 Å². The first-order valence-electron chi connectivity index (χ1n) is 9.44. The number of methoxy groups -OCH3 is 1. The van der Waals surface area contributed by atoms with E-state index in [0.29, 0.717) is 6.61 Å². The van der Waals surface area contributed by atoms with Gasteiger partial charge in [0.05, 0.1) is 25.1 Å². The molecular formula is C24H22N2O2S. The van der Waals surface area contributed by atoms with Crippen LogP contribution < -0.4 is 9.47 Å². The minimum atomic E-state index is 0.583. The fourth-order valence-corrected chi connectivity index (χ4v) is 3.72. The van der Waals surface area contributed by atoms with Crippen LogP contribution in [0.1, 0.15) is 0 Å². The van der Waals surface area contributed by atoms with Gasteiger partial charge >= 0.3 is 0 Å². The summed E-state index contributed by atoms with van der Waals surface area (Å²) in [7, 11) is 1.65. The zero-order chi connectivity index (χ0) is 19.9. The Labute approximate surface area is 174 Å². The van der Waals surface area contributed by atoms with Gasteiger partial charge in [-0.2, -0.15) is 0 Å². The predicted octanol–water partition coefficient (Wildman–Crippen LogP) is 5.92.